The maximum atomic E-state index is 12.7. The van der Waals surface area contributed by atoms with E-state index in [9.17, 15) is 14.4 Å². The molecule has 1 heterocycles. The van der Waals surface area contributed by atoms with Crippen molar-refractivity contribution in [2.45, 2.75) is 0 Å². The summed E-state index contributed by atoms with van der Waals surface area (Å²) in [5.74, 6) is -0.351. The van der Waals surface area contributed by atoms with Gasteiger partial charge in [-0.1, -0.05) is 12.1 Å². The van der Waals surface area contributed by atoms with Crippen LogP contribution >= 0.6 is 0 Å². The highest BCUT2D eigenvalue weighted by Crippen LogP contribution is 2.24. The molecule has 0 unspecified atom stereocenters. The molecule has 0 aliphatic heterocycles. The standard InChI is InChI=1S/C19H16N2O6/c20-17(22)9-25-12-3-1-11(2-4-12)15-8-27-16-7-13(26-10-18(21)23)5-6-14(16)19(15)24/h1-8H,9-10H2,(H2,20,22)(H2,21,23). The van der Waals surface area contributed by atoms with Crippen LogP contribution in [0.25, 0.3) is 22.1 Å². The molecule has 0 saturated carbocycles. The molecule has 2 amide bonds. The average molecular weight is 368 g/mol. The number of ether oxygens (including phenoxy) is 2. The zero-order valence-electron chi connectivity index (χ0n) is 14.1. The van der Waals surface area contributed by atoms with Gasteiger partial charge in [-0.15, -0.1) is 0 Å². The van der Waals surface area contributed by atoms with Crippen molar-refractivity contribution in [1.29, 1.82) is 0 Å². The van der Waals surface area contributed by atoms with Gasteiger partial charge >= 0.3 is 0 Å². The van der Waals surface area contributed by atoms with Crippen molar-refractivity contribution in [1.82, 2.24) is 0 Å². The quantitative estimate of drug-likeness (QED) is 0.643. The number of rotatable bonds is 7. The van der Waals surface area contributed by atoms with E-state index in [0.29, 0.717) is 33.6 Å². The molecule has 2 aromatic carbocycles. The van der Waals surface area contributed by atoms with Crippen molar-refractivity contribution < 1.29 is 23.5 Å². The maximum absolute atomic E-state index is 12.7. The molecule has 138 valence electrons. The fourth-order valence-corrected chi connectivity index (χ4v) is 2.44. The highest BCUT2D eigenvalue weighted by atomic mass is 16.5. The number of nitrogens with two attached hydrogens (primary N) is 2. The molecular weight excluding hydrogens is 352 g/mol. The highest BCUT2D eigenvalue weighted by molar-refractivity contribution is 5.83. The second kappa shape index (κ2) is 7.61. The Morgan fingerprint density at radius 2 is 1.48 bits per heavy atom. The van der Waals surface area contributed by atoms with Gasteiger partial charge in [0.2, 0.25) is 0 Å². The Bertz CT molecular complexity index is 1060. The topological polar surface area (TPSA) is 135 Å². The van der Waals surface area contributed by atoms with E-state index < -0.39 is 11.8 Å². The monoisotopic (exact) mass is 368 g/mol. The Morgan fingerprint density at radius 1 is 0.889 bits per heavy atom. The average Bonchev–Trinajstić information content (AvgIpc) is 2.65. The van der Waals surface area contributed by atoms with Gasteiger partial charge in [0.25, 0.3) is 11.8 Å². The predicted octanol–water partition coefficient (Wildman–Crippen LogP) is 1.19. The third-order valence-electron chi connectivity index (χ3n) is 3.67. The molecule has 0 aliphatic rings. The number of carbonyl (C=O) groups excluding carboxylic acids is 2. The summed E-state index contributed by atoms with van der Waals surface area (Å²) in [6, 6.07) is 11.3. The van der Waals surface area contributed by atoms with Crippen LogP contribution in [0.2, 0.25) is 0 Å². The van der Waals surface area contributed by atoms with E-state index in [1.54, 1.807) is 36.4 Å². The van der Waals surface area contributed by atoms with E-state index in [2.05, 4.69) is 0 Å². The van der Waals surface area contributed by atoms with Crippen LogP contribution in [0.1, 0.15) is 0 Å². The van der Waals surface area contributed by atoms with Crippen LogP contribution in [0.3, 0.4) is 0 Å². The molecule has 0 aliphatic carbocycles. The van der Waals surface area contributed by atoms with E-state index in [4.69, 9.17) is 25.4 Å². The van der Waals surface area contributed by atoms with Crippen LogP contribution in [0.15, 0.2) is 57.9 Å². The van der Waals surface area contributed by atoms with Gasteiger partial charge in [0, 0.05) is 6.07 Å². The minimum atomic E-state index is -0.602. The fraction of sp³-hybridized carbons (Fsp3) is 0.105. The summed E-state index contributed by atoms with van der Waals surface area (Å²) in [5.41, 5.74) is 11.2. The molecule has 0 bridgehead atoms. The van der Waals surface area contributed by atoms with Gasteiger partial charge < -0.3 is 25.4 Å². The van der Waals surface area contributed by atoms with Crippen molar-refractivity contribution in [3.05, 3.63) is 59.0 Å². The van der Waals surface area contributed by atoms with Crippen LogP contribution in [0.4, 0.5) is 0 Å². The lowest BCUT2D eigenvalue weighted by atomic mass is 10.1. The molecule has 3 rings (SSSR count). The van der Waals surface area contributed by atoms with Gasteiger partial charge in [0.05, 0.1) is 10.9 Å². The SMILES string of the molecule is NC(=O)COc1ccc(-c2coc3cc(OCC(N)=O)ccc3c2=O)cc1. The number of hydrogen-bond donors (Lipinski definition) is 2. The molecule has 0 spiro atoms. The summed E-state index contributed by atoms with van der Waals surface area (Å²) in [7, 11) is 0. The molecule has 4 N–H and O–H groups in total. The molecule has 8 heteroatoms. The summed E-state index contributed by atoms with van der Waals surface area (Å²) < 4.78 is 15.9. The van der Waals surface area contributed by atoms with Gasteiger partial charge in [-0.2, -0.15) is 0 Å². The van der Waals surface area contributed by atoms with Crippen LogP contribution in [0.5, 0.6) is 11.5 Å². The number of primary amides is 2. The Morgan fingerprint density at radius 3 is 2.11 bits per heavy atom. The van der Waals surface area contributed by atoms with E-state index in [-0.39, 0.29) is 18.6 Å². The summed E-state index contributed by atoms with van der Waals surface area (Å²) in [5, 5.41) is 0.368. The first kappa shape index (κ1) is 18.0. The molecule has 1 aromatic heterocycles. The lowest BCUT2D eigenvalue weighted by Gasteiger charge is -2.07. The van der Waals surface area contributed by atoms with Crippen molar-refractivity contribution in [2.75, 3.05) is 13.2 Å². The first-order valence-electron chi connectivity index (χ1n) is 7.92. The smallest absolute Gasteiger partial charge is 0.255 e. The number of benzene rings is 2. The lowest BCUT2D eigenvalue weighted by molar-refractivity contribution is -0.120. The van der Waals surface area contributed by atoms with Crippen molar-refractivity contribution in [3.63, 3.8) is 0 Å². The lowest BCUT2D eigenvalue weighted by Crippen LogP contribution is -2.20. The van der Waals surface area contributed by atoms with Crippen LogP contribution < -0.4 is 26.4 Å². The summed E-state index contributed by atoms with van der Waals surface area (Å²) in [6.45, 7) is -0.490. The first-order valence-corrected chi connectivity index (χ1v) is 7.92. The summed E-state index contributed by atoms with van der Waals surface area (Å²) >= 11 is 0. The Kier molecular flexibility index (Phi) is 5.07. The van der Waals surface area contributed by atoms with Crippen LogP contribution in [-0.4, -0.2) is 25.0 Å². The minimum absolute atomic E-state index is 0.219. The molecule has 0 fully saturated rings. The van der Waals surface area contributed by atoms with Gasteiger partial charge in [-0.3, -0.25) is 14.4 Å². The third kappa shape index (κ3) is 4.24. The Labute approximate surface area is 153 Å². The molecule has 0 radical (unpaired) electrons. The Balaban J connectivity index is 1.88. The maximum Gasteiger partial charge on any atom is 0.255 e. The van der Waals surface area contributed by atoms with E-state index >= 15 is 0 Å². The van der Waals surface area contributed by atoms with Gasteiger partial charge in [-0.25, -0.2) is 0 Å². The molecule has 27 heavy (non-hydrogen) atoms. The Hall–Kier alpha value is -3.81. The zero-order chi connectivity index (χ0) is 19.4. The van der Waals surface area contributed by atoms with Crippen LogP contribution in [-0.2, 0) is 9.59 Å². The van der Waals surface area contributed by atoms with Crippen LogP contribution in [0, 0.1) is 0 Å². The minimum Gasteiger partial charge on any atom is -0.484 e. The van der Waals surface area contributed by atoms with E-state index in [0.717, 1.165) is 0 Å². The summed E-state index contributed by atoms with van der Waals surface area (Å²) in [4.78, 5) is 34.3. The molecule has 8 nitrogen and oxygen atoms in total. The second-order valence-electron chi connectivity index (χ2n) is 5.67. The fourth-order valence-electron chi connectivity index (χ4n) is 2.44. The number of fused-ring (bicyclic) bond motifs is 1. The van der Waals surface area contributed by atoms with Gasteiger partial charge in [0.1, 0.15) is 23.3 Å². The first-order chi connectivity index (χ1) is 12.9. The molecule has 0 saturated heterocycles. The zero-order valence-corrected chi connectivity index (χ0v) is 14.1. The van der Waals surface area contributed by atoms with E-state index in [1.807, 2.05) is 0 Å². The highest BCUT2D eigenvalue weighted by Gasteiger charge is 2.11. The number of hydrogen-bond acceptors (Lipinski definition) is 6. The molecule has 0 atom stereocenters. The van der Waals surface area contributed by atoms with Crippen molar-refractivity contribution in [3.8, 4) is 22.6 Å². The van der Waals surface area contributed by atoms with Gasteiger partial charge in [-0.05, 0) is 29.8 Å². The molecule has 3 aromatic rings. The number of carbonyl (C=O) groups is 2. The van der Waals surface area contributed by atoms with Crippen molar-refractivity contribution in [2.24, 2.45) is 11.5 Å². The largest absolute Gasteiger partial charge is 0.484 e. The normalized spacial score (nSPS) is 10.5. The third-order valence-corrected chi connectivity index (χ3v) is 3.67. The van der Waals surface area contributed by atoms with E-state index in [1.165, 1.54) is 12.3 Å². The predicted molar refractivity (Wildman–Crippen MR) is 97.3 cm³/mol. The molecular formula is C19H16N2O6. The summed E-state index contributed by atoms with van der Waals surface area (Å²) in [6.07, 6.45) is 1.35. The second-order valence-corrected chi connectivity index (χ2v) is 5.67. The number of amides is 2. The van der Waals surface area contributed by atoms with Gasteiger partial charge in [0.15, 0.2) is 18.6 Å². The van der Waals surface area contributed by atoms with Crippen molar-refractivity contribution >= 4 is 22.8 Å².